The van der Waals surface area contributed by atoms with Crippen LogP contribution in [0.15, 0.2) is 12.7 Å². The van der Waals surface area contributed by atoms with Gasteiger partial charge in [-0.1, -0.05) is 0 Å². The molecule has 6 nitrogen and oxygen atoms in total. The Bertz CT molecular complexity index is 282. The van der Waals surface area contributed by atoms with Crippen LogP contribution in [0.25, 0.3) is 0 Å². The Morgan fingerprint density at radius 2 is 1.38 bits per heavy atom. The second-order valence-electron chi connectivity index (χ2n) is 2.82. The molecule has 0 aliphatic carbocycles. The summed E-state index contributed by atoms with van der Waals surface area (Å²) in [6.45, 7) is 7.16. The maximum atomic E-state index is 5.64. The molecule has 0 aliphatic heterocycles. The Labute approximate surface area is 96.4 Å². The van der Waals surface area contributed by atoms with Crippen LogP contribution in [0.4, 0.5) is 0 Å². The Morgan fingerprint density at radius 3 is 1.75 bits per heavy atom. The minimum Gasteiger partial charge on any atom is -0.369 e. The fourth-order valence-corrected chi connectivity index (χ4v) is 3.50. The minimum absolute atomic E-state index is 0.466. The molecule has 7 heteroatoms. The molecule has 0 aliphatic rings. The minimum atomic E-state index is -2.93. The zero-order chi connectivity index (χ0) is 11.9. The van der Waals surface area contributed by atoms with E-state index in [1.165, 1.54) is 12.7 Å². The molecule has 0 fully saturated rings. The molecule has 0 bridgehead atoms. The molecule has 1 aromatic rings. The Kier molecular flexibility index (Phi) is 5.47. The van der Waals surface area contributed by atoms with Crippen LogP contribution in [0.3, 0.4) is 0 Å². The van der Waals surface area contributed by atoms with E-state index in [0.717, 1.165) is 0 Å². The standard InChI is InChI=1S/C9H17N3O3Si/c1-4-13-16(14-5-2,15-6-3)9-11-7-10-8-12-9/h7-8H,4-6H2,1-3H3. The summed E-state index contributed by atoms with van der Waals surface area (Å²) >= 11 is 0. The van der Waals surface area contributed by atoms with Crippen molar-refractivity contribution in [1.82, 2.24) is 15.0 Å². The molecule has 0 amide bonds. The van der Waals surface area contributed by atoms with Gasteiger partial charge in [0.1, 0.15) is 12.7 Å². The summed E-state index contributed by atoms with van der Waals surface area (Å²) in [5.41, 5.74) is 0.466. The topological polar surface area (TPSA) is 66.4 Å². The van der Waals surface area contributed by atoms with Crippen LogP contribution >= 0.6 is 0 Å². The monoisotopic (exact) mass is 243 g/mol. The normalized spacial score (nSPS) is 11.7. The van der Waals surface area contributed by atoms with Crippen molar-refractivity contribution in [1.29, 1.82) is 0 Å². The average molecular weight is 243 g/mol. The maximum absolute atomic E-state index is 5.64. The summed E-state index contributed by atoms with van der Waals surface area (Å²) in [7, 11) is -2.93. The lowest BCUT2D eigenvalue weighted by Crippen LogP contribution is -2.59. The third kappa shape index (κ3) is 3.05. The highest BCUT2D eigenvalue weighted by atomic mass is 28.4. The highest BCUT2D eigenvalue weighted by molar-refractivity contribution is 6.73. The van der Waals surface area contributed by atoms with Gasteiger partial charge in [-0.25, -0.2) is 15.0 Å². The Balaban J connectivity index is 2.99. The van der Waals surface area contributed by atoms with Crippen LogP contribution < -0.4 is 5.45 Å². The van der Waals surface area contributed by atoms with Gasteiger partial charge in [0.05, 0.1) is 0 Å². The average Bonchev–Trinajstić information content (AvgIpc) is 2.31. The van der Waals surface area contributed by atoms with Gasteiger partial charge in [-0.2, -0.15) is 0 Å². The highest BCUT2D eigenvalue weighted by Crippen LogP contribution is 2.07. The zero-order valence-corrected chi connectivity index (χ0v) is 10.8. The lowest BCUT2D eigenvalue weighted by molar-refractivity contribution is 0.0840. The first-order valence-electron chi connectivity index (χ1n) is 5.33. The van der Waals surface area contributed by atoms with E-state index in [9.17, 15) is 0 Å². The van der Waals surface area contributed by atoms with E-state index in [2.05, 4.69) is 15.0 Å². The van der Waals surface area contributed by atoms with Gasteiger partial charge in [-0.15, -0.1) is 0 Å². The molecule has 1 heterocycles. The van der Waals surface area contributed by atoms with Gasteiger partial charge >= 0.3 is 8.80 Å². The molecule has 0 radical (unpaired) electrons. The number of hydrogen-bond acceptors (Lipinski definition) is 6. The van der Waals surface area contributed by atoms with E-state index in [-0.39, 0.29) is 0 Å². The molecule has 1 rings (SSSR count). The molecule has 0 N–H and O–H groups in total. The van der Waals surface area contributed by atoms with E-state index in [1.54, 1.807) is 0 Å². The Hall–Kier alpha value is -0.893. The van der Waals surface area contributed by atoms with Gasteiger partial charge in [0.25, 0.3) is 0 Å². The molecule has 0 spiro atoms. The van der Waals surface area contributed by atoms with Gasteiger partial charge in [0, 0.05) is 19.8 Å². The summed E-state index contributed by atoms with van der Waals surface area (Å²) in [4.78, 5) is 11.9. The SMILES string of the molecule is CCO[Si](OCC)(OCC)c1ncncn1. The van der Waals surface area contributed by atoms with Crippen LogP contribution in [0.2, 0.25) is 0 Å². The van der Waals surface area contributed by atoms with Gasteiger partial charge in [0.2, 0.25) is 5.45 Å². The maximum Gasteiger partial charge on any atom is 0.576 e. The third-order valence-electron chi connectivity index (χ3n) is 1.77. The van der Waals surface area contributed by atoms with Gasteiger partial charge in [-0.05, 0) is 20.8 Å². The van der Waals surface area contributed by atoms with Gasteiger partial charge < -0.3 is 13.3 Å². The van der Waals surface area contributed by atoms with E-state index >= 15 is 0 Å². The second kappa shape index (κ2) is 6.64. The smallest absolute Gasteiger partial charge is 0.369 e. The summed E-state index contributed by atoms with van der Waals surface area (Å²) in [5, 5.41) is 0. The van der Waals surface area contributed by atoms with Crippen molar-refractivity contribution in [2.24, 2.45) is 0 Å². The summed E-state index contributed by atoms with van der Waals surface area (Å²) in [5.74, 6) is 0. The van der Waals surface area contributed by atoms with Crippen molar-refractivity contribution in [2.45, 2.75) is 20.8 Å². The molecule has 0 unspecified atom stereocenters. The Morgan fingerprint density at radius 1 is 0.938 bits per heavy atom. The van der Waals surface area contributed by atoms with E-state index in [4.69, 9.17) is 13.3 Å². The van der Waals surface area contributed by atoms with Crippen LogP contribution in [0.1, 0.15) is 20.8 Å². The van der Waals surface area contributed by atoms with Crippen LogP contribution in [-0.4, -0.2) is 43.6 Å². The van der Waals surface area contributed by atoms with Crippen LogP contribution in [0, 0.1) is 0 Å². The van der Waals surface area contributed by atoms with Crippen molar-refractivity contribution in [3.05, 3.63) is 12.7 Å². The molecule has 90 valence electrons. The predicted octanol–water partition coefficient (Wildman–Crippen LogP) is 0.127. The van der Waals surface area contributed by atoms with Gasteiger partial charge in [0.15, 0.2) is 0 Å². The van der Waals surface area contributed by atoms with Crippen molar-refractivity contribution in [3.63, 3.8) is 0 Å². The highest BCUT2D eigenvalue weighted by Gasteiger charge is 2.46. The quantitative estimate of drug-likeness (QED) is 0.634. The molecular weight excluding hydrogens is 226 g/mol. The molecule has 1 aromatic heterocycles. The molecular formula is C9H17N3O3Si. The fourth-order valence-electron chi connectivity index (χ4n) is 1.29. The van der Waals surface area contributed by atoms with Crippen molar-refractivity contribution in [3.8, 4) is 0 Å². The van der Waals surface area contributed by atoms with Gasteiger partial charge in [-0.3, -0.25) is 0 Å². The van der Waals surface area contributed by atoms with Crippen molar-refractivity contribution >= 4 is 14.3 Å². The first-order chi connectivity index (χ1) is 7.79. The fraction of sp³-hybridized carbons (Fsp3) is 0.667. The zero-order valence-electron chi connectivity index (χ0n) is 9.84. The second-order valence-corrected chi connectivity index (χ2v) is 5.24. The molecule has 16 heavy (non-hydrogen) atoms. The van der Waals surface area contributed by atoms with E-state index < -0.39 is 8.80 Å². The molecule has 0 saturated carbocycles. The number of rotatable bonds is 7. The molecule has 0 atom stereocenters. The lowest BCUT2D eigenvalue weighted by atomic mass is 10.9. The summed E-state index contributed by atoms with van der Waals surface area (Å²) < 4.78 is 16.9. The summed E-state index contributed by atoms with van der Waals surface area (Å²) in [6, 6.07) is 0. The number of nitrogens with zero attached hydrogens (tertiary/aromatic N) is 3. The third-order valence-corrected chi connectivity index (χ3v) is 4.58. The first-order valence-corrected chi connectivity index (χ1v) is 7.05. The lowest BCUT2D eigenvalue weighted by Gasteiger charge is -2.26. The number of aromatic nitrogens is 3. The molecule has 0 saturated heterocycles. The largest absolute Gasteiger partial charge is 0.576 e. The first kappa shape index (κ1) is 13.2. The van der Waals surface area contributed by atoms with Crippen LogP contribution in [0.5, 0.6) is 0 Å². The number of hydrogen-bond donors (Lipinski definition) is 0. The van der Waals surface area contributed by atoms with Crippen LogP contribution in [-0.2, 0) is 13.3 Å². The van der Waals surface area contributed by atoms with Crippen molar-refractivity contribution in [2.75, 3.05) is 19.8 Å². The predicted molar refractivity (Wildman–Crippen MR) is 60.1 cm³/mol. The van der Waals surface area contributed by atoms with E-state index in [0.29, 0.717) is 25.3 Å². The van der Waals surface area contributed by atoms with E-state index in [1.807, 2.05) is 20.8 Å². The summed E-state index contributed by atoms with van der Waals surface area (Å²) in [6.07, 6.45) is 2.84. The molecule has 0 aromatic carbocycles. The van der Waals surface area contributed by atoms with Crippen molar-refractivity contribution < 1.29 is 13.3 Å².